The number of pyridine rings is 1. The van der Waals surface area contributed by atoms with E-state index in [9.17, 15) is 4.79 Å². The third-order valence-electron chi connectivity index (χ3n) is 5.67. The van der Waals surface area contributed by atoms with Crippen molar-refractivity contribution in [3.05, 3.63) is 66.6 Å². The number of carbonyl (C=O) groups is 1. The lowest BCUT2D eigenvalue weighted by Gasteiger charge is -2.31. The number of amides is 1. The molecule has 4 heteroatoms. The summed E-state index contributed by atoms with van der Waals surface area (Å²) in [5.41, 5.74) is 6.25. The van der Waals surface area contributed by atoms with Gasteiger partial charge in [0.15, 0.2) is 0 Å². The van der Waals surface area contributed by atoms with E-state index in [2.05, 4.69) is 65.1 Å². The van der Waals surface area contributed by atoms with Gasteiger partial charge in [0.25, 0.3) is 0 Å². The van der Waals surface area contributed by atoms with Gasteiger partial charge in [0.1, 0.15) is 0 Å². The molecule has 0 aliphatic carbocycles. The number of carbonyl (C=O) groups excluding carboxylic acids is 1. The number of benzene rings is 1. The topological polar surface area (TPSA) is 38.1 Å². The predicted molar refractivity (Wildman–Crippen MR) is 120 cm³/mol. The Balaban J connectivity index is 0.00000117. The minimum absolute atomic E-state index is 0.183. The Hall–Kier alpha value is -2.88. The fourth-order valence-corrected chi connectivity index (χ4v) is 4.20. The van der Waals surface area contributed by atoms with E-state index in [1.165, 1.54) is 28.1 Å². The molecule has 1 fully saturated rings. The van der Waals surface area contributed by atoms with Crippen molar-refractivity contribution in [2.45, 2.75) is 39.5 Å². The molecule has 152 valence electrons. The molecular weight excluding hydrogens is 358 g/mol. The molecular formula is C25H31N3O. The van der Waals surface area contributed by atoms with E-state index in [0.717, 1.165) is 25.9 Å². The Morgan fingerprint density at radius 2 is 1.59 bits per heavy atom. The van der Waals surface area contributed by atoms with Crippen LogP contribution in [0.2, 0.25) is 0 Å². The molecule has 1 aliphatic heterocycles. The minimum Gasteiger partial charge on any atom is -0.347 e. The molecule has 29 heavy (non-hydrogen) atoms. The molecule has 1 aliphatic rings. The van der Waals surface area contributed by atoms with E-state index in [1.807, 2.05) is 31.1 Å². The van der Waals surface area contributed by atoms with E-state index in [-0.39, 0.29) is 5.91 Å². The monoisotopic (exact) mass is 389 g/mol. The number of likely N-dealkylation sites (tertiary alicyclic amines) is 1. The standard InChI is InChI=1S/C23H25N3O.C2H6/c1-17(27)26-14-10-19(11-15-26)22-16-21(18-8-12-24-13-9-18)23(25(22)2)20-6-4-3-5-7-20;1-2/h3-9,12-13,16,19H,10-11,14-15H2,1-2H3;1-2H3. The van der Waals surface area contributed by atoms with E-state index in [0.29, 0.717) is 5.92 Å². The van der Waals surface area contributed by atoms with Crippen LogP contribution in [0.5, 0.6) is 0 Å². The highest BCUT2D eigenvalue weighted by Gasteiger charge is 2.26. The Kier molecular flexibility index (Phi) is 6.86. The second kappa shape index (κ2) is 9.55. The van der Waals surface area contributed by atoms with Crippen molar-refractivity contribution in [2.75, 3.05) is 13.1 Å². The number of piperidine rings is 1. The van der Waals surface area contributed by atoms with E-state index < -0.39 is 0 Å². The highest BCUT2D eigenvalue weighted by molar-refractivity contribution is 5.82. The first-order valence-corrected chi connectivity index (χ1v) is 10.6. The molecule has 0 radical (unpaired) electrons. The molecule has 4 rings (SSSR count). The van der Waals surface area contributed by atoms with E-state index >= 15 is 0 Å². The van der Waals surface area contributed by atoms with Gasteiger partial charge in [0, 0.05) is 56.6 Å². The number of aromatic nitrogens is 2. The van der Waals surface area contributed by atoms with Crippen molar-refractivity contribution < 1.29 is 4.79 Å². The normalized spacial score (nSPS) is 14.3. The molecule has 0 bridgehead atoms. The van der Waals surface area contributed by atoms with Crippen molar-refractivity contribution in [1.82, 2.24) is 14.5 Å². The summed E-state index contributed by atoms with van der Waals surface area (Å²) in [5, 5.41) is 0. The summed E-state index contributed by atoms with van der Waals surface area (Å²) in [6.07, 6.45) is 5.73. The SMILES string of the molecule is CC.CC(=O)N1CCC(c2cc(-c3ccncc3)c(-c3ccccc3)n2C)CC1. The van der Waals surface area contributed by atoms with Crippen molar-refractivity contribution in [3.8, 4) is 22.4 Å². The van der Waals surface area contributed by atoms with Crippen LogP contribution in [0.4, 0.5) is 0 Å². The average Bonchev–Trinajstić information content (AvgIpc) is 3.13. The van der Waals surface area contributed by atoms with Crippen LogP contribution >= 0.6 is 0 Å². The maximum absolute atomic E-state index is 11.7. The molecule has 1 saturated heterocycles. The molecule has 0 saturated carbocycles. The Morgan fingerprint density at radius 3 is 2.17 bits per heavy atom. The van der Waals surface area contributed by atoms with Crippen molar-refractivity contribution in [2.24, 2.45) is 7.05 Å². The zero-order valence-corrected chi connectivity index (χ0v) is 17.9. The van der Waals surface area contributed by atoms with Crippen LogP contribution in [0.1, 0.15) is 45.2 Å². The van der Waals surface area contributed by atoms with Crippen LogP contribution in [0.15, 0.2) is 60.9 Å². The lowest BCUT2D eigenvalue weighted by Crippen LogP contribution is -2.36. The predicted octanol–water partition coefficient (Wildman–Crippen LogP) is 5.51. The van der Waals surface area contributed by atoms with Gasteiger partial charge in [0.2, 0.25) is 5.91 Å². The first kappa shape index (κ1) is 20.8. The molecule has 0 unspecified atom stereocenters. The average molecular weight is 390 g/mol. The van der Waals surface area contributed by atoms with E-state index in [1.54, 1.807) is 6.92 Å². The molecule has 3 aromatic rings. The van der Waals surface area contributed by atoms with Crippen LogP contribution in [0.3, 0.4) is 0 Å². The maximum atomic E-state index is 11.7. The summed E-state index contributed by atoms with van der Waals surface area (Å²) in [5.74, 6) is 0.659. The zero-order chi connectivity index (χ0) is 20.8. The Labute approximate surface area is 174 Å². The van der Waals surface area contributed by atoms with Gasteiger partial charge >= 0.3 is 0 Å². The largest absolute Gasteiger partial charge is 0.347 e. The van der Waals surface area contributed by atoms with Gasteiger partial charge in [-0.3, -0.25) is 9.78 Å². The first-order chi connectivity index (χ1) is 14.1. The van der Waals surface area contributed by atoms with Crippen LogP contribution in [-0.4, -0.2) is 33.4 Å². The lowest BCUT2D eigenvalue weighted by molar-refractivity contribution is -0.129. The highest BCUT2D eigenvalue weighted by atomic mass is 16.2. The van der Waals surface area contributed by atoms with Gasteiger partial charge in [-0.05, 0) is 42.2 Å². The van der Waals surface area contributed by atoms with Gasteiger partial charge in [-0.15, -0.1) is 0 Å². The molecule has 2 aromatic heterocycles. The van der Waals surface area contributed by atoms with Crippen LogP contribution < -0.4 is 0 Å². The third kappa shape index (κ3) is 4.42. The second-order valence-electron chi connectivity index (χ2n) is 7.27. The number of rotatable bonds is 3. The number of hydrogen-bond donors (Lipinski definition) is 0. The molecule has 0 spiro atoms. The van der Waals surface area contributed by atoms with Gasteiger partial charge in [-0.1, -0.05) is 44.2 Å². The maximum Gasteiger partial charge on any atom is 0.219 e. The quantitative estimate of drug-likeness (QED) is 0.593. The number of nitrogens with zero attached hydrogens (tertiary/aromatic N) is 3. The van der Waals surface area contributed by atoms with Crippen LogP contribution in [-0.2, 0) is 11.8 Å². The fourth-order valence-electron chi connectivity index (χ4n) is 4.20. The summed E-state index contributed by atoms with van der Waals surface area (Å²) in [6, 6.07) is 17.0. The molecule has 4 nitrogen and oxygen atoms in total. The summed E-state index contributed by atoms with van der Waals surface area (Å²) >= 11 is 0. The zero-order valence-electron chi connectivity index (χ0n) is 17.9. The van der Waals surface area contributed by atoms with Crippen molar-refractivity contribution >= 4 is 5.91 Å². The van der Waals surface area contributed by atoms with Crippen LogP contribution in [0, 0.1) is 0 Å². The highest BCUT2D eigenvalue weighted by Crippen LogP contribution is 2.39. The summed E-state index contributed by atoms with van der Waals surface area (Å²) in [4.78, 5) is 17.8. The molecule has 0 atom stereocenters. The van der Waals surface area contributed by atoms with Crippen molar-refractivity contribution in [3.63, 3.8) is 0 Å². The van der Waals surface area contributed by atoms with Gasteiger partial charge < -0.3 is 9.47 Å². The number of hydrogen-bond acceptors (Lipinski definition) is 2. The molecule has 1 aromatic carbocycles. The summed E-state index contributed by atoms with van der Waals surface area (Å²) < 4.78 is 2.35. The van der Waals surface area contributed by atoms with Gasteiger partial charge in [-0.2, -0.15) is 0 Å². The van der Waals surface area contributed by atoms with Gasteiger partial charge in [0.05, 0.1) is 5.69 Å². The lowest BCUT2D eigenvalue weighted by atomic mass is 9.92. The molecule has 1 amide bonds. The minimum atomic E-state index is 0.183. The molecule has 3 heterocycles. The Morgan fingerprint density at radius 1 is 0.966 bits per heavy atom. The summed E-state index contributed by atoms with van der Waals surface area (Å²) in [6.45, 7) is 7.35. The van der Waals surface area contributed by atoms with E-state index in [4.69, 9.17) is 0 Å². The van der Waals surface area contributed by atoms with Crippen molar-refractivity contribution in [1.29, 1.82) is 0 Å². The first-order valence-electron chi connectivity index (χ1n) is 10.6. The van der Waals surface area contributed by atoms with Crippen LogP contribution in [0.25, 0.3) is 22.4 Å². The van der Waals surface area contributed by atoms with Gasteiger partial charge in [-0.25, -0.2) is 0 Å². The smallest absolute Gasteiger partial charge is 0.219 e. The second-order valence-corrected chi connectivity index (χ2v) is 7.27. The fraction of sp³-hybridized carbons (Fsp3) is 0.360. The Bertz CT molecular complexity index is 923. The third-order valence-corrected chi connectivity index (χ3v) is 5.67. The molecule has 0 N–H and O–H groups in total. The summed E-state index contributed by atoms with van der Waals surface area (Å²) in [7, 11) is 2.17.